The maximum Gasteiger partial charge on any atom is 0.325 e. The lowest BCUT2D eigenvalue weighted by Gasteiger charge is -2.13. The van der Waals surface area contributed by atoms with E-state index < -0.39 is 0 Å². The van der Waals surface area contributed by atoms with E-state index in [9.17, 15) is 9.59 Å². The third kappa shape index (κ3) is 4.60. The molecular formula is C22H19N5O4S. The number of fused-ring (bicyclic) bond motifs is 1. The zero-order valence-electron chi connectivity index (χ0n) is 17.2. The highest BCUT2D eigenvalue weighted by molar-refractivity contribution is 7.13. The van der Waals surface area contributed by atoms with E-state index in [1.165, 1.54) is 18.4 Å². The zero-order chi connectivity index (χ0) is 22.5. The Morgan fingerprint density at radius 3 is 2.47 bits per heavy atom. The fraction of sp³-hybridized carbons (Fsp3) is 0.0909. The molecule has 0 radical (unpaired) electrons. The maximum atomic E-state index is 12.2. The van der Waals surface area contributed by atoms with Crippen LogP contribution in [0.25, 0.3) is 10.9 Å². The maximum absolute atomic E-state index is 12.2. The number of hydrogen-bond acceptors (Lipinski definition) is 7. The minimum absolute atomic E-state index is 0.273. The number of carbonyl (C=O) groups is 2. The van der Waals surface area contributed by atoms with Crippen molar-refractivity contribution in [2.45, 2.75) is 0 Å². The number of rotatable bonds is 6. The summed E-state index contributed by atoms with van der Waals surface area (Å²) in [4.78, 5) is 32.6. The van der Waals surface area contributed by atoms with Crippen molar-refractivity contribution in [3.05, 3.63) is 65.8 Å². The number of pyridine rings is 1. The monoisotopic (exact) mass is 449 g/mol. The Morgan fingerprint density at radius 2 is 1.78 bits per heavy atom. The molecule has 0 fully saturated rings. The van der Waals surface area contributed by atoms with Gasteiger partial charge in [-0.25, -0.2) is 9.78 Å². The summed E-state index contributed by atoms with van der Waals surface area (Å²) in [7, 11) is 3.06. The van der Waals surface area contributed by atoms with E-state index in [4.69, 9.17) is 9.47 Å². The standard InChI is InChI=1S/C22H19N5O4S/c1-23-20(28)16-11-15-17(12-19(16)30-2)24-8-7-18(15)31-14-5-3-13(4-6-14)26-21(29)27-22-25-9-10-32-22/h3-12H,1-2H3,(H,23,28)(H2,25,26,27,29). The molecule has 2 aromatic carbocycles. The van der Waals surface area contributed by atoms with Gasteiger partial charge in [-0.1, -0.05) is 0 Å². The summed E-state index contributed by atoms with van der Waals surface area (Å²) < 4.78 is 11.4. The zero-order valence-corrected chi connectivity index (χ0v) is 18.0. The van der Waals surface area contributed by atoms with Crippen LogP contribution < -0.4 is 25.4 Å². The van der Waals surface area contributed by atoms with Crippen molar-refractivity contribution in [1.29, 1.82) is 0 Å². The van der Waals surface area contributed by atoms with Gasteiger partial charge >= 0.3 is 6.03 Å². The van der Waals surface area contributed by atoms with Crippen LogP contribution in [0, 0.1) is 0 Å². The van der Waals surface area contributed by atoms with E-state index in [1.54, 1.807) is 67.3 Å². The second-order valence-corrected chi connectivity index (χ2v) is 7.40. The van der Waals surface area contributed by atoms with Crippen LogP contribution in [0.2, 0.25) is 0 Å². The van der Waals surface area contributed by atoms with Crippen LogP contribution in [-0.2, 0) is 0 Å². The van der Waals surface area contributed by atoms with Gasteiger partial charge in [0.05, 0.1) is 18.2 Å². The van der Waals surface area contributed by atoms with Gasteiger partial charge in [0.2, 0.25) is 0 Å². The number of carbonyl (C=O) groups excluding carboxylic acids is 2. The largest absolute Gasteiger partial charge is 0.496 e. The number of amides is 3. The Morgan fingerprint density at radius 1 is 0.969 bits per heavy atom. The molecule has 4 rings (SSSR count). The fourth-order valence-corrected chi connectivity index (χ4v) is 3.52. The van der Waals surface area contributed by atoms with Gasteiger partial charge in [-0.15, -0.1) is 11.3 Å². The second kappa shape index (κ2) is 9.31. The Bertz CT molecular complexity index is 1260. The van der Waals surface area contributed by atoms with E-state index >= 15 is 0 Å². The Hall–Kier alpha value is -4.18. The molecule has 0 saturated carbocycles. The predicted octanol–water partition coefficient (Wildman–Crippen LogP) is 4.50. The van der Waals surface area contributed by atoms with Crippen LogP contribution in [0.3, 0.4) is 0 Å². The average molecular weight is 449 g/mol. The number of anilines is 2. The van der Waals surface area contributed by atoms with Gasteiger partial charge < -0.3 is 20.1 Å². The van der Waals surface area contributed by atoms with Crippen molar-refractivity contribution in [2.24, 2.45) is 0 Å². The van der Waals surface area contributed by atoms with E-state index in [2.05, 4.69) is 25.9 Å². The normalized spacial score (nSPS) is 10.4. The highest BCUT2D eigenvalue weighted by atomic mass is 32.1. The van der Waals surface area contributed by atoms with E-state index in [0.717, 1.165) is 0 Å². The van der Waals surface area contributed by atoms with E-state index in [1.807, 2.05) is 0 Å². The lowest BCUT2D eigenvalue weighted by molar-refractivity contribution is 0.0960. The van der Waals surface area contributed by atoms with Crippen molar-refractivity contribution in [3.8, 4) is 17.2 Å². The van der Waals surface area contributed by atoms with Crippen molar-refractivity contribution in [3.63, 3.8) is 0 Å². The molecular weight excluding hydrogens is 430 g/mol. The number of ether oxygens (including phenoxy) is 2. The number of benzene rings is 2. The molecule has 9 nitrogen and oxygen atoms in total. The Labute approximate surface area is 187 Å². The molecule has 0 spiro atoms. The van der Waals surface area contributed by atoms with Crippen LogP contribution >= 0.6 is 11.3 Å². The van der Waals surface area contributed by atoms with E-state index in [-0.39, 0.29) is 11.9 Å². The number of methoxy groups -OCH3 is 1. The minimum Gasteiger partial charge on any atom is -0.496 e. The second-order valence-electron chi connectivity index (χ2n) is 6.50. The number of hydrogen-bond donors (Lipinski definition) is 3. The SMILES string of the molecule is CNC(=O)c1cc2c(Oc3ccc(NC(=O)Nc4nccs4)cc3)ccnc2cc1OC. The number of aromatic nitrogens is 2. The molecule has 2 heterocycles. The quantitative estimate of drug-likeness (QED) is 0.399. The Kier molecular flexibility index (Phi) is 6.13. The van der Waals surface area contributed by atoms with Gasteiger partial charge in [-0.05, 0) is 36.4 Å². The molecule has 0 saturated heterocycles. The summed E-state index contributed by atoms with van der Waals surface area (Å²) in [5.74, 6) is 1.24. The van der Waals surface area contributed by atoms with Crippen molar-refractivity contribution in [1.82, 2.24) is 15.3 Å². The molecule has 10 heteroatoms. The Balaban J connectivity index is 1.54. The minimum atomic E-state index is -0.385. The smallest absolute Gasteiger partial charge is 0.325 e. The highest BCUT2D eigenvalue weighted by Gasteiger charge is 2.15. The summed E-state index contributed by atoms with van der Waals surface area (Å²) in [6, 6.07) is 11.6. The molecule has 162 valence electrons. The summed E-state index contributed by atoms with van der Waals surface area (Å²) >= 11 is 1.33. The topological polar surface area (TPSA) is 114 Å². The molecule has 4 aromatic rings. The summed E-state index contributed by atoms with van der Waals surface area (Å²) in [6.07, 6.45) is 3.23. The van der Waals surface area contributed by atoms with Gasteiger partial charge in [-0.3, -0.25) is 15.1 Å². The molecule has 0 aliphatic carbocycles. The lowest BCUT2D eigenvalue weighted by Crippen LogP contribution is -2.19. The predicted molar refractivity (Wildman–Crippen MR) is 123 cm³/mol. The number of thiazole rings is 1. The first kappa shape index (κ1) is 21.1. The van der Waals surface area contributed by atoms with Crippen LogP contribution in [0.4, 0.5) is 15.6 Å². The van der Waals surface area contributed by atoms with Gasteiger partial charge in [0, 0.05) is 42.0 Å². The first-order valence-corrected chi connectivity index (χ1v) is 10.4. The molecule has 0 unspecified atom stereocenters. The van der Waals surface area contributed by atoms with Crippen molar-refractivity contribution < 1.29 is 19.1 Å². The first-order chi connectivity index (χ1) is 15.6. The molecule has 0 bridgehead atoms. The molecule has 32 heavy (non-hydrogen) atoms. The third-order valence-electron chi connectivity index (χ3n) is 4.49. The highest BCUT2D eigenvalue weighted by Crippen LogP contribution is 2.33. The number of urea groups is 1. The summed E-state index contributed by atoms with van der Waals surface area (Å²) in [5.41, 5.74) is 1.60. The van der Waals surface area contributed by atoms with Crippen LogP contribution in [0.15, 0.2) is 60.2 Å². The average Bonchev–Trinajstić information content (AvgIpc) is 3.32. The molecule has 3 amide bonds. The summed E-state index contributed by atoms with van der Waals surface area (Å²) in [6.45, 7) is 0. The van der Waals surface area contributed by atoms with Gasteiger partial charge in [0.1, 0.15) is 17.2 Å². The van der Waals surface area contributed by atoms with Crippen molar-refractivity contribution >= 4 is 45.0 Å². The van der Waals surface area contributed by atoms with E-state index in [0.29, 0.717) is 44.5 Å². The van der Waals surface area contributed by atoms with Gasteiger partial charge in [-0.2, -0.15) is 0 Å². The molecule has 3 N–H and O–H groups in total. The number of nitrogens with zero attached hydrogens (tertiary/aromatic N) is 2. The van der Waals surface area contributed by atoms with Crippen LogP contribution in [-0.4, -0.2) is 36.1 Å². The summed E-state index contributed by atoms with van der Waals surface area (Å²) in [5, 5.41) is 10.9. The molecule has 0 atom stereocenters. The third-order valence-corrected chi connectivity index (χ3v) is 5.18. The fourth-order valence-electron chi connectivity index (χ4n) is 3.00. The first-order valence-electron chi connectivity index (χ1n) is 9.51. The lowest BCUT2D eigenvalue weighted by atomic mass is 10.1. The van der Waals surface area contributed by atoms with Crippen LogP contribution in [0.5, 0.6) is 17.2 Å². The molecule has 2 aromatic heterocycles. The van der Waals surface area contributed by atoms with Gasteiger partial charge in [0.15, 0.2) is 5.13 Å². The van der Waals surface area contributed by atoms with Crippen LogP contribution in [0.1, 0.15) is 10.4 Å². The van der Waals surface area contributed by atoms with Gasteiger partial charge in [0.25, 0.3) is 5.91 Å². The van der Waals surface area contributed by atoms with Crippen molar-refractivity contribution in [2.75, 3.05) is 24.8 Å². The number of nitrogens with one attached hydrogen (secondary N) is 3. The molecule has 0 aliphatic heterocycles. The molecule has 0 aliphatic rings.